The molecule has 2 N–H and O–H groups in total. The van der Waals surface area contributed by atoms with Crippen molar-refractivity contribution in [3.05, 3.63) is 64.7 Å². The predicted molar refractivity (Wildman–Crippen MR) is 115 cm³/mol. The lowest BCUT2D eigenvalue weighted by Crippen LogP contribution is -2.19. The van der Waals surface area contributed by atoms with Crippen LogP contribution < -0.4 is 10.7 Å². The standard InChI is InChI=1S/C22H26ClN3O2/c1-3-4-5-6-10-21(27)26-25-16(2)18-8-7-9-20(15-18)24-22(28)17-11-13-19(23)14-12-17/h7-9,11-15H,3-6,10H2,1-2H3,(H,24,28)(H,26,27)/b25-16-. The third-order valence-electron chi connectivity index (χ3n) is 4.25. The monoisotopic (exact) mass is 399 g/mol. The number of benzene rings is 2. The molecule has 5 nitrogen and oxygen atoms in total. The van der Waals surface area contributed by atoms with Gasteiger partial charge in [0, 0.05) is 22.7 Å². The van der Waals surface area contributed by atoms with E-state index in [9.17, 15) is 9.59 Å². The van der Waals surface area contributed by atoms with Gasteiger partial charge < -0.3 is 5.32 Å². The van der Waals surface area contributed by atoms with Crippen LogP contribution in [0.25, 0.3) is 0 Å². The van der Waals surface area contributed by atoms with Crippen LogP contribution in [0.1, 0.15) is 61.9 Å². The number of unbranched alkanes of at least 4 members (excludes halogenated alkanes) is 3. The van der Waals surface area contributed by atoms with Crippen molar-refractivity contribution in [1.29, 1.82) is 0 Å². The first kappa shape index (κ1) is 21.6. The van der Waals surface area contributed by atoms with Gasteiger partial charge in [-0.15, -0.1) is 0 Å². The lowest BCUT2D eigenvalue weighted by atomic mass is 10.1. The zero-order valence-corrected chi connectivity index (χ0v) is 17.1. The summed E-state index contributed by atoms with van der Waals surface area (Å²) in [4.78, 5) is 24.2. The lowest BCUT2D eigenvalue weighted by Gasteiger charge is -2.08. The fraction of sp³-hybridized carbons (Fsp3) is 0.318. The van der Waals surface area contributed by atoms with Gasteiger partial charge in [-0.1, -0.05) is 49.9 Å². The molecule has 2 amide bonds. The second-order valence-electron chi connectivity index (χ2n) is 6.58. The Morgan fingerprint density at radius 2 is 1.75 bits per heavy atom. The molecule has 2 aromatic rings. The predicted octanol–water partition coefficient (Wildman–Crippen LogP) is 5.40. The van der Waals surface area contributed by atoms with E-state index in [1.165, 1.54) is 0 Å². The number of carbonyl (C=O) groups excluding carboxylic acids is 2. The van der Waals surface area contributed by atoms with Gasteiger partial charge in [0.25, 0.3) is 5.91 Å². The molecule has 2 rings (SSSR count). The molecule has 0 radical (unpaired) electrons. The van der Waals surface area contributed by atoms with E-state index in [2.05, 4.69) is 22.8 Å². The van der Waals surface area contributed by atoms with Crippen molar-refractivity contribution in [1.82, 2.24) is 5.43 Å². The van der Waals surface area contributed by atoms with Gasteiger partial charge in [-0.25, -0.2) is 5.43 Å². The molecule has 0 saturated heterocycles. The Bertz CT molecular complexity index is 832. The number of carbonyl (C=O) groups is 2. The Morgan fingerprint density at radius 3 is 2.46 bits per heavy atom. The minimum atomic E-state index is -0.219. The first-order chi connectivity index (χ1) is 13.5. The normalized spacial score (nSPS) is 11.2. The first-order valence-electron chi connectivity index (χ1n) is 9.50. The Hall–Kier alpha value is -2.66. The average Bonchev–Trinajstić information content (AvgIpc) is 2.70. The third-order valence-corrected chi connectivity index (χ3v) is 4.50. The number of hydrogen-bond donors (Lipinski definition) is 2. The van der Waals surface area contributed by atoms with Crippen molar-refractivity contribution >= 4 is 34.8 Å². The van der Waals surface area contributed by atoms with Crippen LogP contribution in [0.5, 0.6) is 0 Å². The molecule has 0 aliphatic heterocycles. The van der Waals surface area contributed by atoms with Gasteiger partial charge in [-0.05, 0) is 55.3 Å². The quantitative estimate of drug-likeness (QED) is 0.336. The zero-order valence-electron chi connectivity index (χ0n) is 16.3. The molecule has 0 unspecified atom stereocenters. The molecule has 148 valence electrons. The van der Waals surface area contributed by atoms with E-state index < -0.39 is 0 Å². The molecule has 0 spiro atoms. The van der Waals surface area contributed by atoms with Crippen LogP contribution in [0.15, 0.2) is 53.6 Å². The van der Waals surface area contributed by atoms with E-state index in [0.29, 0.717) is 28.4 Å². The number of hydrogen-bond acceptors (Lipinski definition) is 3. The second kappa shape index (κ2) is 11.2. The Balaban J connectivity index is 1.94. The van der Waals surface area contributed by atoms with Crippen LogP contribution in [0.2, 0.25) is 5.02 Å². The molecule has 0 atom stereocenters. The molecule has 0 aliphatic rings. The second-order valence-corrected chi connectivity index (χ2v) is 7.02. The van der Waals surface area contributed by atoms with Crippen molar-refractivity contribution in [3.63, 3.8) is 0 Å². The van der Waals surface area contributed by atoms with Gasteiger partial charge >= 0.3 is 0 Å². The van der Waals surface area contributed by atoms with Gasteiger partial charge in [0.1, 0.15) is 0 Å². The van der Waals surface area contributed by atoms with Crippen molar-refractivity contribution in [2.24, 2.45) is 5.10 Å². The highest BCUT2D eigenvalue weighted by molar-refractivity contribution is 6.30. The maximum absolute atomic E-state index is 12.3. The number of amides is 2. The number of halogens is 1. The van der Waals surface area contributed by atoms with E-state index in [0.717, 1.165) is 31.2 Å². The van der Waals surface area contributed by atoms with Gasteiger partial charge in [-0.3, -0.25) is 9.59 Å². The molecule has 6 heteroatoms. The van der Waals surface area contributed by atoms with Gasteiger partial charge in [0.05, 0.1) is 5.71 Å². The Kier molecular flexibility index (Phi) is 8.69. The van der Waals surface area contributed by atoms with Crippen LogP contribution in [0.3, 0.4) is 0 Å². The summed E-state index contributed by atoms with van der Waals surface area (Å²) in [5, 5.41) is 7.61. The Labute approximate surface area is 171 Å². The summed E-state index contributed by atoms with van der Waals surface area (Å²) in [5.41, 5.74) is 5.26. The molecule has 28 heavy (non-hydrogen) atoms. The lowest BCUT2D eigenvalue weighted by molar-refractivity contribution is -0.121. The maximum Gasteiger partial charge on any atom is 0.255 e. The van der Waals surface area contributed by atoms with Crippen LogP contribution in [-0.2, 0) is 4.79 Å². The summed E-state index contributed by atoms with van der Waals surface area (Å²) < 4.78 is 0. The van der Waals surface area contributed by atoms with Crippen LogP contribution >= 0.6 is 11.6 Å². The van der Waals surface area contributed by atoms with E-state index >= 15 is 0 Å². The van der Waals surface area contributed by atoms with Gasteiger partial charge in [0.15, 0.2) is 0 Å². The molecule has 0 heterocycles. The van der Waals surface area contributed by atoms with E-state index in [-0.39, 0.29) is 11.8 Å². The van der Waals surface area contributed by atoms with E-state index in [4.69, 9.17) is 11.6 Å². The number of nitrogens with one attached hydrogen (secondary N) is 2. The summed E-state index contributed by atoms with van der Waals surface area (Å²) >= 11 is 5.85. The molecule has 0 bridgehead atoms. The molecule has 2 aromatic carbocycles. The number of rotatable bonds is 9. The van der Waals surface area contributed by atoms with Crippen molar-refractivity contribution in [2.45, 2.75) is 46.0 Å². The number of anilines is 1. The van der Waals surface area contributed by atoms with Crippen molar-refractivity contribution in [3.8, 4) is 0 Å². The number of hydrazone groups is 1. The summed E-state index contributed by atoms with van der Waals surface area (Å²) in [6, 6.07) is 14.0. The fourth-order valence-electron chi connectivity index (χ4n) is 2.61. The molecule has 0 aromatic heterocycles. The highest BCUT2D eigenvalue weighted by Crippen LogP contribution is 2.15. The van der Waals surface area contributed by atoms with Crippen LogP contribution in [0, 0.1) is 0 Å². The minimum Gasteiger partial charge on any atom is -0.322 e. The number of nitrogens with zero attached hydrogens (tertiary/aromatic N) is 1. The summed E-state index contributed by atoms with van der Waals surface area (Å²) in [6.07, 6.45) is 4.70. The highest BCUT2D eigenvalue weighted by Gasteiger charge is 2.07. The molecule has 0 fully saturated rings. The highest BCUT2D eigenvalue weighted by atomic mass is 35.5. The largest absolute Gasteiger partial charge is 0.322 e. The first-order valence-corrected chi connectivity index (χ1v) is 9.88. The van der Waals surface area contributed by atoms with E-state index in [1.807, 2.05) is 25.1 Å². The zero-order chi connectivity index (χ0) is 20.4. The van der Waals surface area contributed by atoms with Gasteiger partial charge in [-0.2, -0.15) is 5.10 Å². The molecule has 0 aliphatic carbocycles. The minimum absolute atomic E-state index is 0.0809. The average molecular weight is 400 g/mol. The SMILES string of the molecule is CCCCCCC(=O)N/N=C(/C)c1cccc(NC(=O)c2ccc(Cl)cc2)c1. The van der Waals surface area contributed by atoms with Crippen LogP contribution in [-0.4, -0.2) is 17.5 Å². The maximum atomic E-state index is 12.3. The smallest absolute Gasteiger partial charge is 0.255 e. The summed E-state index contributed by atoms with van der Waals surface area (Å²) in [6.45, 7) is 3.96. The van der Waals surface area contributed by atoms with Crippen molar-refractivity contribution < 1.29 is 9.59 Å². The fourth-order valence-corrected chi connectivity index (χ4v) is 2.73. The van der Waals surface area contributed by atoms with Crippen molar-refractivity contribution in [2.75, 3.05) is 5.32 Å². The molecular formula is C22H26ClN3O2. The molecule has 0 saturated carbocycles. The van der Waals surface area contributed by atoms with Crippen LogP contribution in [0.4, 0.5) is 5.69 Å². The summed E-state index contributed by atoms with van der Waals surface area (Å²) in [7, 11) is 0. The van der Waals surface area contributed by atoms with Gasteiger partial charge in [0.2, 0.25) is 5.91 Å². The topological polar surface area (TPSA) is 70.6 Å². The van der Waals surface area contributed by atoms with E-state index in [1.54, 1.807) is 30.3 Å². The molecular weight excluding hydrogens is 374 g/mol. The Morgan fingerprint density at radius 1 is 1.00 bits per heavy atom. The summed E-state index contributed by atoms with van der Waals surface area (Å²) in [5.74, 6) is -0.300. The third kappa shape index (κ3) is 7.16.